The van der Waals surface area contributed by atoms with E-state index < -0.39 is 86.8 Å². The minimum atomic E-state index is -1.79. The molecule has 2 fully saturated rings. The van der Waals surface area contributed by atoms with Gasteiger partial charge in [0.05, 0.1) is 32.0 Å². The summed E-state index contributed by atoms with van der Waals surface area (Å²) in [5, 5.41) is 86.3. The highest BCUT2D eigenvalue weighted by molar-refractivity contribution is 5.76. The summed E-state index contributed by atoms with van der Waals surface area (Å²) in [7, 11) is 0. The van der Waals surface area contributed by atoms with Crippen molar-refractivity contribution < 1.29 is 64.6 Å². The second-order valence-corrected chi connectivity index (χ2v) is 20.4. The summed E-state index contributed by atoms with van der Waals surface area (Å²) >= 11 is 0. The quantitative estimate of drug-likeness (QED) is 0.0205. The number of carbonyl (C=O) groups excluding carboxylic acids is 1. The molecular formula is C66H105NO13. The number of amides is 1. The van der Waals surface area contributed by atoms with Crippen LogP contribution in [0.1, 0.15) is 168 Å². The van der Waals surface area contributed by atoms with Crippen LogP contribution in [-0.2, 0) is 23.7 Å². The van der Waals surface area contributed by atoms with E-state index in [0.717, 1.165) is 141 Å². The lowest BCUT2D eigenvalue weighted by Gasteiger charge is -2.46. The first kappa shape index (κ1) is 72.0. The lowest BCUT2D eigenvalue weighted by Crippen LogP contribution is -2.65. The van der Waals surface area contributed by atoms with Gasteiger partial charge in [-0.05, 0) is 103 Å². The first-order valence-corrected chi connectivity index (χ1v) is 30.1. The number of hydrogen-bond donors (Lipinski definition) is 9. The molecule has 0 aliphatic carbocycles. The van der Waals surface area contributed by atoms with Crippen LogP contribution in [0.3, 0.4) is 0 Å². The molecule has 0 aromatic rings. The fourth-order valence-corrected chi connectivity index (χ4v) is 8.70. The Kier molecular flexibility index (Phi) is 44.5. The van der Waals surface area contributed by atoms with Crippen molar-refractivity contribution in [2.24, 2.45) is 0 Å². The molecular weight excluding hydrogens is 1010 g/mol. The number of rotatable bonds is 45. The summed E-state index contributed by atoms with van der Waals surface area (Å²) in [6.07, 6.45) is 58.3. The second-order valence-electron chi connectivity index (χ2n) is 20.4. The van der Waals surface area contributed by atoms with Crippen LogP contribution in [0.2, 0.25) is 0 Å². The first-order chi connectivity index (χ1) is 39.1. The van der Waals surface area contributed by atoms with Gasteiger partial charge >= 0.3 is 0 Å². The van der Waals surface area contributed by atoms with E-state index in [1.807, 2.05) is 6.08 Å². The molecule has 80 heavy (non-hydrogen) atoms. The van der Waals surface area contributed by atoms with Crippen molar-refractivity contribution in [3.63, 3.8) is 0 Å². The monoisotopic (exact) mass is 1120 g/mol. The van der Waals surface area contributed by atoms with E-state index in [9.17, 15) is 45.6 Å². The number of nitrogens with one attached hydrogen (secondary N) is 1. The fourth-order valence-electron chi connectivity index (χ4n) is 8.70. The van der Waals surface area contributed by atoms with E-state index in [4.69, 9.17) is 18.9 Å². The predicted molar refractivity (Wildman–Crippen MR) is 322 cm³/mol. The van der Waals surface area contributed by atoms with Crippen molar-refractivity contribution in [2.75, 3.05) is 19.8 Å². The number of aliphatic hydroxyl groups excluding tert-OH is 8. The predicted octanol–water partition coefficient (Wildman–Crippen LogP) is 10.5. The third-order valence-corrected chi connectivity index (χ3v) is 13.5. The number of carbonyl (C=O) groups is 1. The summed E-state index contributed by atoms with van der Waals surface area (Å²) in [6, 6.07) is -0.927. The summed E-state index contributed by atoms with van der Waals surface area (Å²) in [5.74, 6) is -0.266. The Balaban J connectivity index is 1.55. The average Bonchev–Trinajstić information content (AvgIpc) is 3.49. The van der Waals surface area contributed by atoms with Gasteiger partial charge < -0.3 is 65.1 Å². The highest BCUT2D eigenvalue weighted by atomic mass is 16.7. The van der Waals surface area contributed by atoms with Crippen molar-refractivity contribution >= 4 is 5.91 Å². The molecule has 2 aliphatic rings. The molecule has 0 saturated carbocycles. The Morgan fingerprint density at radius 2 is 0.863 bits per heavy atom. The van der Waals surface area contributed by atoms with Crippen molar-refractivity contribution in [3.8, 4) is 0 Å². The van der Waals surface area contributed by atoms with Gasteiger partial charge in [0.15, 0.2) is 12.6 Å². The zero-order valence-electron chi connectivity index (χ0n) is 48.5. The van der Waals surface area contributed by atoms with E-state index in [-0.39, 0.29) is 18.9 Å². The molecule has 2 aliphatic heterocycles. The smallest absolute Gasteiger partial charge is 0.220 e. The van der Waals surface area contributed by atoms with Gasteiger partial charge in [-0.2, -0.15) is 0 Å². The maximum atomic E-state index is 13.1. The normalized spacial score (nSPS) is 25.3. The molecule has 0 spiro atoms. The fraction of sp³-hybridized carbons (Fsp3) is 0.621. The van der Waals surface area contributed by atoms with Crippen LogP contribution in [0.5, 0.6) is 0 Å². The number of allylic oxidation sites excluding steroid dienone is 23. The molecule has 0 radical (unpaired) electrons. The van der Waals surface area contributed by atoms with Gasteiger partial charge in [0.25, 0.3) is 0 Å². The van der Waals surface area contributed by atoms with Crippen LogP contribution in [0.4, 0.5) is 0 Å². The van der Waals surface area contributed by atoms with E-state index in [1.165, 1.54) is 0 Å². The molecule has 12 unspecified atom stereocenters. The van der Waals surface area contributed by atoms with E-state index >= 15 is 0 Å². The molecule has 0 aromatic carbocycles. The van der Waals surface area contributed by atoms with Crippen LogP contribution in [-0.4, -0.2) is 140 Å². The molecule has 14 heteroatoms. The maximum Gasteiger partial charge on any atom is 0.220 e. The van der Waals surface area contributed by atoms with Gasteiger partial charge in [0.2, 0.25) is 5.91 Å². The Bertz CT molecular complexity index is 1900. The van der Waals surface area contributed by atoms with Gasteiger partial charge in [-0.3, -0.25) is 4.79 Å². The molecule has 0 bridgehead atoms. The molecule has 2 rings (SSSR count). The zero-order valence-corrected chi connectivity index (χ0v) is 48.5. The first-order valence-electron chi connectivity index (χ1n) is 30.1. The highest BCUT2D eigenvalue weighted by Gasteiger charge is 2.51. The van der Waals surface area contributed by atoms with Crippen LogP contribution >= 0.6 is 0 Å². The summed E-state index contributed by atoms with van der Waals surface area (Å²) in [5.41, 5.74) is 0. The van der Waals surface area contributed by atoms with Gasteiger partial charge in [-0.25, -0.2) is 0 Å². The Morgan fingerprint density at radius 1 is 0.463 bits per heavy atom. The number of aliphatic hydroxyl groups is 8. The summed E-state index contributed by atoms with van der Waals surface area (Å²) in [4.78, 5) is 13.1. The number of unbranched alkanes of at least 4 members (excludes halogenated alkanes) is 10. The van der Waals surface area contributed by atoms with E-state index in [0.29, 0.717) is 6.42 Å². The molecule has 12 atom stereocenters. The Hall–Kier alpha value is -4.13. The van der Waals surface area contributed by atoms with Crippen molar-refractivity contribution in [3.05, 3.63) is 146 Å². The van der Waals surface area contributed by atoms with Crippen molar-refractivity contribution in [1.29, 1.82) is 0 Å². The number of hydrogen-bond acceptors (Lipinski definition) is 13. The molecule has 14 nitrogen and oxygen atoms in total. The minimum Gasteiger partial charge on any atom is -0.394 e. The second kappa shape index (κ2) is 49.5. The van der Waals surface area contributed by atoms with Gasteiger partial charge in [0, 0.05) is 6.42 Å². The van der Waals surface area contributed by atoms with Crippen molar-refractivity contribution in [1.82, 2.24) is 5.32 Å². The Morgan fingerprint density at radius 3 is 1.32 bits per heavy atom. The summed E-state index contributed by atoms with van der Waals surface area (Å²) in [6.45, 7) is 2.51. The van der Waals surface area contributed by atoms with Crippen LogP contribution in [0.15, 0.2) is 146 Å². The van der Waals surface area contributed by atoms with Crippen LogP contribution in [0.25, 0.3) is 0 Å². The third kappa shape index (κ3) is 34.3. The van der Waals surface area contributed by atoms with Crippen LogP contribution in [0, 0.1) is 0 Å². The molecule has 2 saturated heterocycles. The Labute approximate surface area is 481 Å². The highest BCUT2D eigenvalue weighted by Crippen LogP contribution is 2.30. The average molecular weight is 1120 g/mol. The molecule has 452 valence electrons. The number of ether oxygens (including phenoxy) is 4. The largest absolute Gasteiger partial charge is 0.394 e. The topological polar surface area (TPSA) is 228 Å². The third-order valence-electron chi connectivity index (χ3n) is 13.5. The lowest BCUT2D eigenvalue weighted by molar-refractivity contribution is -0.359. The SMILES string of the molecule is CC/C=C\C/C=C\C/C=C\C/C=C\C/C=C\C/C=C\C/C=C\C/C=C\C/C=C\C/C=C\C/C=C\CCCCCCCCCC(=O)NC(COC1OC(CO)C(OC2OC(CO)C(O)C(O)C2O)C(O)C1O)C(O)/C=C/CCCCC. The van der Waals surface area contributed by atoms with E-state index in [2.05, 4.69) is 153 Å². The summed E-state index contributed by atoms with van der Waals surface area (Å²) < 4.78 is 22.6. The standard InChI is InChI=1S/C66H105NO13/c1-3-5-7-9-10-11-12-13-14-15-16-17-18-19-20-21-22-23-24-25-26-27-28-29-30-31-32-33-34-35-36-37-38-39-40-41-42-43-44-46-48-50-58(71)67-54(55(70)49-47-45-8-6-4-2)53-77-65-63(76)61(74)64(57(52-69)79-65)80-66-62(75)60(73)59(72)56(51-68)78-66/h5,7,10-11,13-14,16-17,19-20,22-23,25-26,28-29,31-32,34-35,37-38,47,49,54-57,59-66,68-70,72-76H,3-4,6,8-9,12,15,18,21,24,27,30,33,36,39-46,48,50-53H2,1-2H3,(H,67,71)/b7-5-,11-10-,14-13-,17-16-,20-19-,23-22-,26-25-,29-28-,32-31-,35-34-,38-37-,49-47+. The molecule has 2 heterocycles. The zero-order chi connectivity index (χ0) is 58.1. The van der Waals surface area contributed by atoms with E-state index in [1.54, 1.807) is 6.08 Å². The lowest BCUT2D eigenvalue weighted by atomic mass is 9.97. The minimum absolute atomic E-state index is 0.257. The van der Waals surface area contributed by atoms with Gasteiger partial charge in [0.1, 0.15) is 48.8 Å². The molecule has 9 N–H and O–H groups in total. The maximum absolute atomic E-state index is 13.1. The molecule has 0 aromatic heterocycles. The van der Waals surface area contributed by atoms with Gasteiger partial charge in [-0.15, -0.1) is 0 Å². The van der Waals surface area contributed by atoms with Gasteiger partial charge in [-0.1, -0.05) is 205 Å². The van der Waals surface area contributed by atoms with Crippen LogP contribution < -0.4 is 5.32 Å². The molecule has 1 amide bonds. The van der Waals surface area contributed by atoms with Crippen molar-refractivity contribution in [2.45, 2.75) is 242 Å².